The first kappa shape index (κ1) is 19.7. The number of methoxy groups -OCH3 is 1. The van der Waals surface area contributed by atoms with Gasteiger partial charge in [-0.05, 0) is 31.5 Å². The molecule has 0 aliphatic heterocycles. The van der Waals surface area contributed by atoms with Gasteiger partial charge in [0.25, 0.3) is 5.91 Å². The Morgan fingerprint density at radius 3 is 2.73 bits per heavy atom. The normalized spacial score (nSPS) is 11.7. The molecule has 7 nitrogen and oxygen atoms in total. The molecule has 0 bridgehead atoms. The number of anilines is 1. The Morgan fingerprint density at radius 1 is 1.38 bits per heavy atom. The Hall–Kier alpha value is -2.64. The van der Waals surface area contributed by atoms with Gasteiger partial charge < -0.3 is 15.4 Å². The second-order valence-electron chi connectivity index (χ2n) is 5.93. The average molecular weight is 379 g/mol. The summed E-state index contributed by atoms with van der Waals surface area (Å²) in [4.78, 5) is 22.8. The quantitative estimate of drug-likeness (QED) is 0.571. The number of nitro benzene ring substituents is 1. The molecular weight excluding hydrogens is 358 g/mol. The predicted molar refractivity (Wildman–Crippen MR) is 99.7 cm³/mol. The Morgan fingerprint density at radius 2 is 2.12 bits per heavy atom. The van der Waals surface area contributed by atoms with Crippen LogP contribution in [-0.4, -0.2) is 24.5 Å². The highest BCUT2D eigenvalue weighted by Gasteiger charge is 2.19. The number of hydrogen-bond donors (Lipinski definition) is 2. The summed E-state index contributed by atoms with van der Waals surface area (Å²) in [5.41, 5.74) is 1.97. The van der Waals surface area contributed by atoms with Gasteiger partial charge in [0, 0.05) is 28.4 Å². The van der Waals surface area contributed by atoms with Gasteiger partial charge in [0.15, 0.2) is 12.3 Å². The number of halogens is 1. The first-order chi connectivity index (χ1) is 12.3. The van der Waals surface area contributed by atoms with Crippen LogP contribution in [0.25, 0.3) is 0 Å². The van der Waals surface area contributed by atoms with Gasteiger partial charge in [-0.25, -0.2) is 0 Å². The van der Waals surface area contributed by atoms with E-state index in [-0.39, 0.29) is 29.9 Å². The van der Waals surface area contributed by atoms with Crippen molar-refractivity contribution in [1.82, 2.24) is 0 Å². The van der Waals surface area contributed by atoms with Crippen molar-refractivity contribution >= 4 is 28.9 Å². The summed E-state index contributed by atoms with van der Waals surface area (Å²) >= 11 is 5.99. The van der Waals surface area contributed by atoms with E-state index in [1.807, 2.05) is 30.4 Å². The maximum atomic E-state index is 12.2. The fourth-order valence-electron chi connectivity index (χ4n) is 2.52. The summed E-state index contributed by atoms with van der Waals surface area (Å²) in [5.74, 6) is -0.106. The molecule has 0 spiro atoms. The molecule has 0 saturated carbocycles. The third-order valence-corrected chi connectivity index (χ3v) is 4.26. The summed E-state index contributed by atoms with van der Waals surface area (Å²) in [6.45, 7) is 3.88. The van der Waals surface area contributed by atoms with Crippen LogP contribution in [0, 0.1) is 17.0 Å². The van der Waals surface area contributed by atoms with E-state index in [0.29, 0.717) is 16.3 Å². The number of nitrogens with one attached hydrogen (secondary N) is 1. The third-order valence-electron chi connectivity index (χ3n) is 4.03. The molecule has 0 aliphatic carbocycles. The van der Waals surface area contributed by atoms with E-state index < -0.39 is 4.92 Å². The second kappa shape index (κ2) is 8.64. The van der Waals surface area contributed by atoms with Crippen LogP contribution in [0.4, 0.5) is 11.4 Å². The molecule has 0 saturated heterocycles. The molecule has 0 radical (unpaired) electrons. The molecule has 3 N–H and O–H groups in total. The molecule has 2 aromatic rings. The van der Waals surface area contributed by atoms with Crippen molar-refractivity contribution in [3.63, 3.8) is 0 Å². The number of hydrogen-bond acceptors (Lipinski definition) is 4. The number of nitrogens with two attached hydrogens (primary N) is 1. The monoisotopic (exact) mass is 378 g/mol. The van der Waals surface area contributed by atoms with E-state index in [4.69, 9.17) is 16.3 Å². The SMILES string of the molecule is COc1cc(NC(=O)C[NH2+][C@H](C)c2cccc(Cl)c2)c(C)cc1[N+](=O)[O-]. The van der Waals surface area contributed by atoms with Gasteiger partial charge in [-0.15, -0.1) is 0 Å². The minimum Gasteiger partial charge on any atom is -0.490 e. The van der Waals surface area contributed by atoms with Crippen molar-refractivity contribution in [3.8, 4) is 5.75 Å². The van der Waals surface area contributed by atoms with Crippen molar-refractivity contribution < 1.29 is 19.8 Å². The molecule has 26 heavy (non-hydrogen) atoms. The topological polar surface area (TPSA) is 98.1 Å². The average Bonchev–Trinajstić information content (AvgIpc) is 2.60. The fourth-order valence-corrected chi connectivity index (χ4v) is 2.72. The second-order valence-corrected chi connectivity index (χ2v) is 6.36. The first-order valence-electron chi connectivity index (χ1n) is 8.03. The minimum absolute atomic E-state index is 0.0620. The summed E-state index contributed by atoms with van der Waals surface area (Å²) < 4.78 is 5.04. The van der Waals surface area contributed by atoms with Crippen LogP contribution < -0.4 is 15.4 Å². The summed E-state index contributed by atoms with van der Waals surface area (Å²) in [6.07, 6.45) is 0. The minimum atomic E-state index is -0.516. The lowest BCUT2D eigenvalue weighted by Crippen LogP contribution is -2.86. The first-order valence-corrected chi connectivity index (χ1v) is 8.41. The third kappa shape index (κ3) is 4.93. The van der Waals surface area contributed by atoms with Crippen molar-refractivity contribution in [1.29, 1.82) is 0 Å². The van der Waals surface area contributed by atoms with Crippen LogP contribution in [0.2, 0.25) is 5.02 Å². The van der Waals surface area contributed by atoms with Crippen molar-refractivity contribution in [2.45, 2.75) is 19.9 Å². The van der Waals surface area contributed by atoms with E-state index in [1.165, 1.54) is 19.2 Å². The largest absolute Gasteiger partial charge is 0.490 e. The highest BCUT2D eigenvalue weighted by Crippen LogP contribution is 2.32. The number of benzene rings is 2. The van der Waals surface area contributed by atoms with Gasteiger partial charge in [0.05, 0.1) is 12.0 Å². The number of quaternary nitrogens is 1. The fraction of sp³-hybridized carbons (Fsp3) is 0.278. The van der Waals surface area contributed by atoms with Crippen molar-refractivity contribution in [2.75, 3.05) is 19.0 Å². The molecule has 0 aliphatic rings. The van der Waals surface area contributed by atoms with E-state index in [1.54, 1.807) is 13.0 Å². The van der Waals surface area contributed by atoms with Gasteiger partial charge in [0.1, 0.15) is 6.04 Å². The molecule has 0 fully saturated rings. The lowest BCUT2D eigenvalue weighted by Gasteiger charge is -2.13. The molecule has 0 unspecified atom stereocenters. The van der Waals surface area contributed by atoms with Crippen LogP contribution in [-0.2, 0) is 4.79 Å². The lowest BCUT2D eigenvalue weighted by molar-refractivity contribution is -0.682. The van der Waals surface area contributed by atoms with Crippen LogP contribution in [0.5, 0.6) is 5.75 Å². The molecule has 1 amide bonds. The maximum absolute atomic E-state index is 12.2. The number of aryl methyl sites for hydroxylation is 1. The Bertz CT molecular complexity index is 826. The maximum Gasteiger partial charge on any atom is 0.311 e. The van der Waals surface area contributed by atoms with E-state index in [2.05, 4.69) is 5.32 Å². The lowest BCUT2D eigenvalue weighted by atomic mass is 10.1. The zero-order valence-corrected chi connectivity index (χ0v) is 15.5. The number of rotatable bonds is 7. The standard InChI is InChI=1S/C18H20ClN3O4/c1-11-7-16(22(24)25)17(26-3)9-15(11)21-18(23)10-20-12(2)13-5-4-6-14(19)8-13/h4-9,12,20H,10H2,1-3H3,(H,21,23)/p+1/t12-/m1/s1. The number of carbonyl (C=O) groups excluding carboxylic acids is 1. The summed E-state index contributed by atoms with van der Waals surface area (Å²) in [5, 5.41) is 16.3. The number of ether oxygens (including phenoxy) is 1. The van der Waals surface area contributed by atoms with Crippen LogP contribution in [0.1, 0.15) is 24.1 Å². The van der Waals surface area contributed by atoms with E-state index >= 15 is 0 Å². The summed E-state index contributed by atoms with van der Waals surface area (Å²) in [7, 11) is 1.35. The molecule has 138 valence electrons. The molecule has 1 atom stereocenters. The predicted octanol–water partition coefficient (Wildman–Crippen LogP) is 2.83. The molecule has 2 rings (SSSR count). The zero-order chi connectivity index (χ0) is 19.3. The van der Waals surface area contributed by atoms with Gasteiger partial charge in [0.2, 0.25) is 0 Å². The Labute approximate surface area is 156 Å². The number of carbonyl (C=O) groups is 1. The molecular formula is C18H21ClN3O4+. The van der Waals surface area contributed by atoms with Gasteiger partial charge in [-0.3, -0.25) is 14.9 Å². The van der Waals surface area contributed by atoms with Crippen molar-refractivity contribution in [3.05, 3.63) is 62.7 Å². The van der Waals surface area contributed by atoms with Gasteiger partial charge in [-0.1, -0.05) is 23.7 Å². The molecule has 0 heterocycles. The van der Waals surface area contributed by atoms with Crippen LogP contribution in [0.3, 0.4) is 0 Å². The zero-order valence-electron chi connectivity index (χ0n) is 14.8. The smallest absolute Gasteiger partial charge is 0.311 e. The van der Waals surface area contributed by atoms with E-state index in [0.717, 1.165) is 5.56 Å². The number of amides is 1. The van der Waals surface area contributed by atoms with Gasteiger partial charge >= 0.3 is 5.69 Å². The molecule has 0 aromatic heterocycles. The Balaban J connectivity index is 2.02. The van der Waals surface area contributed by atoms with Gasteiger partial charge in [-0.2, -0.15) is 0 Å². The highest BCUT2D eigenvalue weighted by atomic mass is 35.5. The molecule has 2 aromatic carbocycles. The van der Waals surface area contributed by atoms with Crippen LogP contribution in [0.15, 0.2) is 36.4 Å². The van der Waals surface area contributed by atoms with Crippen molar-refractivity contribution in [2.24, 2.45) is 0 Å². The molecule has 8 heteroatoms. The number of nitrogens with zero attached hydrogens (tertiary/aromatic N) is 1. The Kier molecular flexibility index (Phi) is 6.54. The van der Waals surface area contributed by atoms with Crippen LogP contribution >= 0.6 is 11.6 Å². The highest BCUT2D eigenvalue weighted by molar-refractivity contribution is 6.30. The summed E-state index contributed by atoms with van der Waals surface area (Å²) in [6, 6.07) is 10.4. The van der Waals surface area contributed by atoms with E-state index in [9.17, 15) is 14.9 Å². The number of nitro groups is 1.